The molecule has 28 heavy (non-hydrogen) atoms. The van der Waals surface area contributed by atoms with Crippen molar-refractivity contribution in [3.8, 4) is 0 Å². The van der Waals surface area contributed by atoms with Crippen LogP contribution in [0.15, 0.2) is 29.2 Å². The molecule has 0 aliphatic carbocycles. The second-order valence-corrected chi connectivity index (χ2v) is 9.02. The molecule has 0 aliphatic heterocycles. The van der Waals surface area contributed by atoms with Crippen LogP contribution in [0.4, 0.5) is 10.5 Å². The smallest absolute Gasteiger partial charge is 0.243 e. The molecular formula is C21H35N2O4S-. The highest BCUT2D eigenvalue weighted by Gasteiger charge is 2.23. The van der Waals surface area contributed by atoms with E-state index >= 15 is 0 Å². The Kier molecular flexibility index (Phi) is 11.2. The quantitative estimate of drug-likeness (QED) is 0.433. The third-order valence-corrected chi connectivity index (χ3v) is 6.60. The van der Waals surface area contributed by atoms with E-state index in [1.54, 1.807) is 12.1 Å². The summed E-state index contributed by atoms with van der Waals surface area (Å²) < 4.78 is 27.1. The monoisotopic (exact) mass is 411 g/mol. The molecule has 6 nitrogen and oxygen atoms in total. The van der Waals surface area contributed by atoms with Gasteiger partial charge in [0.2, 0.25) is 10.0 Å². The maximum Gasteiger partial charge on any atom is 0.243 e. The summed E-state index contributed by atoms with van der Waals surface area (Å²) in [6.07, 6.45) is 6.60. The molecule has 1 amide bonds. The lowest BCUT2D eigenvalue weighted by molar-refractivity contribution is -0.246. The lowest BCUT2D eigenvalue weighted by Crippen LogP contribution is -2.42. The number of sulfonamides is 1. The van der Waals surface area contributed by atoms with Gasteiger partial charge in [-0.2, -0.15) is 4.31 Å². The van der Waals surface area contributed by atoms with Crippen molar-refractivity contribution in [1.29, 1.82) is 0 Å². The second-order valence-electron chi connectivity index (χ2n) is 7.08. The number of anilines is 1. The Labute approximate surface area is 170 Å². The predicted molar refractivity (Wildman–Crippen MR) is 112 cm³/mol. The van der Waals surface area contributed by atoms with Crippen LogP contribution >= 0.6 is 0 Å². The standard InChI is InChI=1S/C21H36N2O4S/c1-4-7-8-9-10-11-18-23(21(24)25)19-12-14-20(15-13-19)28(26,27)22(16-5-2)17-6-3/h12-15H,4-11,16-18H2,1-3H3,(H,24,25)/p-1. The van der Waals surface area contributed by atoms with Crippen LogP contribution in [0, 0.1) is 0 Å². The lowest BCUT2D eigenvalue weighted by Gasteiger charge is -2.26. The van der Waals surface area contributed by atoms with Gasteiger partial charge in [0.25, 0.3) is 0 Å². The Morgan fingerprint density at radius 3 is 1.86 bits per heavy atom. The van der Waals surface area contributed by atoms with Gasteiger partial charge in [0.15, 0.2) is 0 Å². The summed E-state index contributed by atoms with van der Waals surface area (Å²) >= 11 is 0. The average Bonchev–Trinajstić information content (AvgIpc) is 2.67. The molecule has 0 saturated heterocycles. The van der Waals surface area contributed by atoms with Crippen LogP contribution < -0.4 is 10.0 Å². The van der Waals surface area contributed by atoms with Crippen LogP contribution in [0.25, 0.3) is 0 Å². The van der Waals surface area contributed by atoms with Gasteiger partial charge >= 0.3 is 0 Å². The van der Waals surface area contributed by atoms with Crippen LogP contribution in [0.3, 0.4) is 0 Å². The number of benzene rings is 1. The Morgan fingerprint density at radius 2 is 1.36 bits per heavy atom. The van der Waals surface area contributed by atoms with Crippen LogP contribution in [0.5, 0.6) is 0 Å². The lowest BCUT2D eigenvalue weighted by atomic mass is 10.1. The first-order chi connectivity index (χ1) is 13.4. The summed E-state index contributed by atoms with van der Waals surface area (Å²) in [7, 11) is -3.57. The molecule has 0 spiro atoms. The first-order valence-electron chi connectivity index (χ1n) is 10.5. The molecule has 0 bridgehead atoms. The van der Waals surface area contributed by atoms with E-state index < -0.39 is 16.1 Å². The molecule has 0 unspecified atom stereocenters. The van der Waals surface area contributed by atoms with E-state index in [9.17, 15) is 18.3 Å². The van der Waals surface area contributed by atoms with Gasteiger partial charge in [0.1, 0.15) is 6.09 Å². The van der Waals surface area contributed by atoms with Crippen LogP contribution in [-0.4, -0.2) is 38.5 Å². The van der Waals surface area contributed by atoms with E-state index in [1.165, 1.54) is 40.6 Å². The molecule has 0 radical (unpaired) electrons. The van der Waals surface area contributed by atoms with Crippen molar-refractivity contribution in [3.05, 3.63) is 24.3 Å². The second kappa shape index (κ2) is 12.8. The number of carbonyl (C=O) groups is 1. The number of hydrogen-bond acceptors (Lipinski definition) is 4. The van der Waals surface area contributed by atoms with Gasteiger partial charge < -0.3 is 14.8 Å². The van der Waals surface area contributed by atoms with Crippen molar-refractivity contribution in [2.45, 2.75) is 77.0 Å². The van der Waals surface area contributed by atoms with Gasteiger partial charge in [0.05, 0.1) is 4.90 Å². The Hall–Kier alpha value is -1.60. The normalized spacial score (nSPS) is 11.7. The molecule has 1 aromatic carbocycles. The Morgan fingerprint density at radius 1 is 0.821 bits per heavy atom. The Bertz CT molecular complexity index is 668. The number of nitrogens with zero attached hydrogens (tertiary/aromatic N) is 2. The van der Waals surface area contributed by atoms with E-state index in [-0.39, 0.29) is 4.90 Å². The summed E-state index contributed by atoms with van der Waals surface area (Å²) in [4.78, 5) is 12.9. The van der Waals surface area contributed by atoms with E-state index in [0.717, 1.165) is 32.1 Å². The Balaban J connectivity index is 2.82. The topological polar surface area (TPSA) is 80.8 Å². The van der Waals surface area contributed by atoms with Crippen molar-refractivity contribution in [1.82, 2.24) is 4.31 Å². The summed E-state index contributed by atoms with van der Waals surface area (Å²) in [5.74, 6) is 0. The first-order valence-corrected chi connectivity index (χ1v) is 11.9. The number of rotatable bonds is 14. The maximum atomic E-state index is 12.8. The summed E-state index contributed by atoms with van der Waals surface area (Å²) in [5.41, 5.74) is 0.449. The molecule has 1 aromatic rings. The molecule has 0 fully saturated rings. The minimum absolute atomic E-state index is 0.191. The fourth-order valence-corrected chi connectivity index (χ4v) is 4.80. The number of hydrogen-bond donors (Lipinski definition) is 0. The molecule has 160 valence electrons. The highest BCUT2D eigenvalue weighted by atomic mass is 32.2. The fraction of sp³-hybridized carbons (Fsp3) is 0.667. The van der Waals surface area contributed by atoms with Crippen LogP contribution in [0.2, 0.25) is 0 Å². The fourth-order valence-electron chi connectivity index (χ4n) is 3.17. The largest absolute Gasteiger partial charge is 0.530 e. The minimum Gasteiger partial charge on any atom is -0.530 e. The van der Waals surface area contributed by atoms with Crippen molar-refractivity contribution >= 4 is 21.8 Å². The zero-order valence-electron chi connectivity index (χ0n) is 17.5. The highest BCUT2D eigenvalue weighted by molar-refractivity contribution is 7.89. The number of carbonyl (C=O) groups excluding carboxylic acids is 1. The van der Waals surface area contributed by atoms with Gasteiger partial charge in [0, 0.05) is 25.3 Å². The van der Waals surface area contributed by atoms with Crippen LogP contribution in [-0.2, 0) is 10.0 Å². The van der Waals surface area contributed by atoms with Crippen molar-refractivity contribution in [3.63, 3.8) is 0 Å². The zero-order valence-corrected chi connectivity index (χ0v) is 18.3. The first kappa shape index (κ1) is 24.4. The van der Waals surface area contributed by atoms with Gasteiger partial charge in [-0.1, -0.05) is 52.9 Å². The third kappa shape index (κ3) is 7.43. The third-order valence-electron chi connectivity index (χ3n) is 4.69. The molecule has 0 heterocycles. The van der Waals surface area contributed by atoms with Crippen molar-refractivity contribution in [2.24, 2.45) is 0 Å². The minimum atomic E-state index is -3.57. The van der Waals surface area contributed by atoms with E-state index in [2.05, 4.69) is 6.92 Å². The SMILES string of the molecule is CCCCCCCCN(C(=O)[O-])c1ccc(S(=O)(=O)N(CCC)CCC)cc1. The molecule has 0 saturated carbocycles. The summed E-state index contributed by atoms with van der Waals surface area (Å²) in [5, 5.41) is 11.5. The van der Waals surface area contributed by atoms with Crippen molar-refractivity contribution in [2.75, 3.05) is 24.5 Å². The highest BCUT2D eigenvalue weighted by Crippen LogP contribution is 2.22. The maximum absolute atomic E-state index is 12.8. The number of carboxylic acid groups (broad SMARTS) is 1. The molecule has 0 aliphatic rings. The number of unbranched alkanes of at least 4 members (excludes halogenated alkanes) is 5. The number of amides is 1. The zero-order chi connectivity index (χ0) is 21.0. The molecule has 0 N–H and O–H groups in total. The van der Waals surface area contributed by atoms with Gasteiger partial charge in [-0.25, -0.2) is 8.42 Å². The molecular weight excluding hydrogens is 376 g/mol. The molecule has 0 aromatic heterocycles. The summed E-state index contributed by atoms with van der Waals surface area (Å²) in [6, 6.07) is 6.08. The molecule has 0 atom stereocenters. The van der Waals surface area contributed by atoms with Gasteiger partial charge in [-0.3, -0.25) is 0 Å². The van der Waals surface area contributed by atoms with E-state index in [4.69, 9.17) is 0 Å². The molecule has 1 rings (SSSR count). The van der Waals surface area contributed by atoms with Gasteiger partial charge in [-0.05, 0) is 43.5 Å². The summed E-state index contributed by atoms with van der Waals surface area (Å²) in [6.45, 7) is 7.36. The predicted octanol–water partition coefficient (Wildman–Crippen LogP) is 4.01. The van der Waals surface area contributed by atoms with Crippen molar-refractivity contribution < 1.29 is 18.3 Å². The molecule has 7 heteroatoms. The van der Waals surface area contributed by atoms with Gasteiger partial charge in [-0.15, -0.1) is 0 Å². The van der Waals surface area contributed by atoms with Crippen LogP contribution in [0.1, 0.15) is 72.1 Å². The van der Waals surface area contributed by atoms with E-state index in [1.807, 2.05) is 13.8 Å². The average molecular weight is 412 g/mol. The van der Waals surface area contributed by atoms with E-state index in [0.29, 0.717) is 25.3 Å².